The summed E-state index contributed by atoms with van der Waals surface area (Å²) in [7, 11) is 0. The second-order valence-corrected chi connectivity index (χ2v) is 8.62. The molecule has 3 aromatic rings. The minimum atomic E-state index is -0.838. The molecule has 0 atom stereocenters. The number of hydrogen-bond acceptors (Lipinski definition) is 8. The summed E-state index contributed by atoms with van der Waals surface area (Å²) >= 11 is 3.44. The van der Waals surface area contributed by atoms with Gasteiger partial charge in [0.15, 0.2) is 11.5 Å². The van der Waals surface area contributed by atoms with Crippen LogP contribution >= 0.6 is 15.9 Å². The van der Waals surface area contributed by atoms with Gasteiger partial charge in [-0.05, 0) is 76.5 Å². The Bertz CT molecular complexity index is 1380. The first-order chi connectivity index (χ1) is 17.8. The molecule has 1 saturated heterocycles. The van der Waals surface area contributed by atoms with E-state index < -0.39 is 22.8 Å². The molecule has 37 heavy (non-hydrogen) atoms. The average Bonchev–Trinajstić information content (AvgIpc) is 3.38. The number of non-ortho nitro benzene ring substituents is 1. The highest BCUT2D eigenvalue weighted by Crippen LogP contribution is 2.38. The third-order valence-electron chi connectivity index (χ3n) is 5.25. The summed E-state index contributed by atoms with van der Waals surface area (Å²) in [5.74, 6) is -0.488. The molecule has 1 fully saturated rings. The van der Waals surface area contributed by atoms with Gasteiger partial charge in [0.25, 0.3) is 17.5 Å². The molecule has 0 aliphatic carbocycles. The van der Waals surface area contributed by atoms with Crippen LogP contribution in [0.2, 0.25) is 0 Å². The van der Waals surface area contributed by atoms with Crippen molar-refractivity contribution in [3.05, 3.63) is 91.8 Å². The molecule has 1 aromatic heterocycles. The monoisotopic (exact) mass is 569 g/mol. The molecule has 0 bridgehead atoms. The summed E-state index contributed by atoms with van der Waals surface area (Å²) in [6.07, 6.45) is 2.77. The smallest absolute Gasteiger partial charge is 0.331 e. The normalized spacial score (nSPS) is 14.6. The number of nitro benzene ring substituents is 1. The van der Waals surface area contributed by atoms with Crippen LogP contribution in [0, 0.1) is 10.1 Å². The van der Waals surface area contributed by atoms with Crippen molar-refractivity contribution in [3.63, 3.8) is 0 Å². The van der Waals surface area contributed by atoms with Crippen molar-refractivity contribution in [1.82, 2.24) is 10.2 Å². The quantitative estimate of drug-likeness (QED) is 0.171. The van der Waals surface area contributed by atoms with Crippen molar-refractivity contribution >= 4 is 45.5 Å². The Morgan fingerprint density at radius 3 is 2.54 bits per heavy atom. The molecule has 1 aliphatic heterocycles. The first kappa shape index (κ1) is 25.6. The lowest BCUT2D eigenvalue weighted by molar-refractivity contribution is -0.384. The summed E-state index contributed by atoms with van der Waals surface area (Å²) in [6, 6.07) is 11.6. The van der Waals surface area contributed by atoms with Crippen molar-refractivity contribution < 1.29 is 33.2 Å². The van der Waals surface area contributed by atoms with E-state index in [0.29, 0.717) is 39.5 Å². The maximum absolute atomic E-state index is 13.0. The third-order valence-corrected chi connectivity index (χ3v) is 5.84. The number of nitrogens with one attached hydrogen (secondary N) is 1. The standard InChI is InChI=1S/C25H20BrN3O8/c1-2-35-21-12-16(11-20(26)22(21)37-14-15-5-7-17(8-6-15)29(33)34)10-19-23(30)27-25(32)28(24(19)31)13-18-4-3-9-36-18/h3-12H,2,13-14H2,1H3,(H,27,30,32)/b19-10+. The predicted octanol–water partition coefficient (Wildman–Crippen LogP) is 4.59. The maximum Gasteiger partial charge on any atom is 0.331 e. The molecular formula is C25H20BrN3O8. The zero-order valence-corrected chi connectivity index (χ0v) is 21.0. The van der Waals surface area contributed by atoms with Gasteiger partial charge in [-0.25, -0.2) is 4.79 Å². The van der Waals surface area contributed by atoms with E-state index in [2.05, 4.69) is 21.2 Å². The largest absolute Gasteiger partial charge is 0.490 e. The number of carbonyl (C=O) groups excluding carboxylic acids is 3. The van der Waals surface area contributed by atoms with E-state index in [0.717, 1.165) is 4.90 Å². The van der Waals surface area contributed by atoms with Crippen LogP contribution in [0.15, 0.2) is 69.3 Å². The molecule has 1 aliphatic rings. The predicted molar refractivity (Wildman–Crippen MR) is 134 cm³/mol. The van der Waals surface area contributed by atoms with E-state index in [1.807, 2.05) is 0 Å². The number of halogens is 1. The van der Waals surface area contributed by atoms with Crippen molar-refractivity contribution in [2.75, 3.05) is 6.61 Å². The van der Waals surface area contributed by atoms with Gasteiger partial charge in [-0.1, -0.05) is 0 Å². The van der Waals surface area contributed by atoms with Crippen LogP contribution in [0.3, 0.4) is 0 Å². The Balaban J connectivity index is 1.59. The van der Waals surface area contributed by atoms with Gasteiger partial charge in [0.05, 0.1) is 28.8 Å². The molecule has 190 valence electrons. The summed E-state index contributed by atoms with van der Waals surface area (Å²) in [4.78, 5) is 49.0. The molecule has 0 saturated carbocycles. The van der Waals surface area contributed by atoms with Gasteiger partial charge in [0, 0.05) is 12.1 Å². The molecule has 4 rings (SSSR count). The van der Waals surface area contributed by atoms with Crippen LogP contribution in [0.5, 0.6) is 11.5 Å². The van der Waals surface area contributed by atoms with E-state index in [9.17, 15) is 24.5 Å². The van der Waals surface area contributed by atoms with Gasteiger partial charge in [-0.3, -0.25) is 29.9 Å². The van der Waals surface area contributed by atoms with Crippen LogP contribution in [0.4, 0.5) is 10.5 Å². The highest BCUT2D eigenvalue weighted by atomic mass is 79.9. The fraction of sp³-hybridized carbons (Fsp3) is 0.160. The molecule has 0 unspecified atom stereocenters. The Morgan fingerprint density at radius 1 is 1.14 bits per heavy atom. The first-order valence-corrected chi connectivity index (χ1v) is 11.8. The number of amides is 4. The lowest BCUT2D eigenvalue weighted by Crippen LogP contribution is -2.53. The number of ether oxygens (including phenoxy) is 2. The van der Waals surface area contributed by atoms with Crippen molar-refractivity contribution in [3.8, 4) is 11.5 Å². The van der Waals surface area contributed by atoms with Crippen LogP contribution in [-0.4, -0.2) is 34.3 Å². The van der Waals surface area contributed by atoms with E-state index in [-0.39, 0.29) is 24.4 Å². The number of nitro groups is 1. The van der Waals surface area contributed by atoms with E-state index in [1.54, 1.807) is 43.3 Å². The SMILES string of the molecule is CCOc1cc(/C=C2\C(=O)NC(=O)N(Cc3ccco3)C2=O)cc(Br)c1OCc1ccc([N+](=O)[O-])cc1. The molecule has 0 spiro atoms. The fourth-order valence-electron chi connectivity index (χ4n) is 3.51. The summed E-state index contributed by atoms with van der Waals surface area (Å²) < 4.78 is 17.3. The number of hydrogen-bond donors (Lipinski definition) is 1. The number of barbiturate groups is 1. The average molecular weight is 570 g/mol. The molecule has 2 aromatic carbocycles. The van der Waals surface area contributed by atoms with Gasteiger partial charge in [0.1, 0.15) is 17.9 Å². The van der Waals surface area contributed by atoms with Crippen molar-refractivity contribution in [1.29, 1.82) is 0 Å². The van der Waals surface area contributed by atoms with Crippen LogP contribution in [0.25, 0.3) is 6.08 Å². The maximum atomic E-state index is 13.0. The summed E-state index contributed by atoms with van der Waals surface area (Å²) in [5, 5.41) is 13.0. The number of furan rings is 1. The number of benzene rings is 2. The van der Waals surface area contributed by atoms with Gasteiger partial charge >= 0.3 is 6.03 Å². The second kappa shape index (κ2) is 11.1. The van der Waals surface area contributed by atoms with Crippen LogP contribution in [-0.2, 0) is 22.7 Å². The zero-order valence-electron chi connectivity index (χ0n) is 19.4. The van der Waals surface area contributed by atoms with E-state index in [4.69, 9.17) is 13.9 Å². The summed E-state index contributed by atoms with van der Waals surface area (Å²) in [6.45, 7) is 2.08. The Labute approximate surface area is 218 Å². The highest BCUT2D eigenvalue weighted by Gasteiger charge is 2.36. The van der Waals surface area contributed by atoms with Gasteiger partial charge in [0.2, 0.25) is 0 Å². The topological polar surface area (TPSA) is 141 Å². The molecular weight excluding hydrogens is 550 g/mol. The number of rotatable bonds is 9. The molecule has 4 amide bonds. The van der Waals surface area contributed by atoms with Crippen LogP contribution in [0.1, 0.15) is 23.8 Å². The number of carbonyl (C=O) groups is 3. The molecule has 1 N–H and O–H groups in total. The second-order valence-electron chi connectivity index (χ2n) is 7.76. The lowest BCUT2D eigenvalue weighted by atomic mass is 10.1. The number of imide groups is 2. The fourth-order valence-corrected chi connectivity index (χ4v) is 4.08. The highest BCUT2D eigenvalue weighted by molar-refractivity contribution is 9.10. The molecule has 0 radical (unpaired) electrons. The number of nitrogens with zero attached hydrogens (tertiary/aromatic N) is 2. The summed E-state index contributed by atoms with van der Waals surface area (Å²) in [5.41, 5.74) is 0.892. The Hall–Kier alpha value is -4.45. The van der Waals surface area contributed by atoms with E-state index >= 15 is 0 Å². The minimum Gasteiger partial charge on any atom is -0.490 e. The number of urea groups is 1. The minimum absolute atomic E-state index is 0.0250. The van der Waals surface area contributed by atoms with E-state index in [1.165, 1.54) is 24.5 Å². The third kappa shape index (κ3) is 5.86. The van der Waals surface area contributed by atoms with Gasteiger partial charge in [-0.2, -0.15) is 0 Å². The Kier molecular flexibility index (Phi) is 7.68. The molecule has 12 heteroatoms. The first-order valence-electron chi connectivity index (χ1n) is 11.0. The molecule has 2 heterocycles. The zero-order chi connectivity index (χ0) is 26.5. The van der Waals surface area contributed by atoms with Crippen LogP contribution < -0.4 is 14.8 Å². The van der Waals surface area contributed by atoms with Gasteiger partial charge in [-0.15, -0.1) is 0 Å². The van der Waals surface area contributed by atoms with Gasteiger partial charge < -0.3 is 13.9 Å². The Morgan fingerprint density at radius 2 is 1.89 bits per heavy atom. The lowest BCUT2D eigenvalue weighted by Gasteiger charge is -2.25. The molecule has 11 nitrogen and oxygen atoms in total. The van der Waals surface area contributed by atoms with Crippen molar-refractivity contribution in [2.24, 2.45) is 0 Å². The van der Waals surface area contributed by atoms with Crippen molar-refractivity contribution in [2.45, 2.75) is 20.1 Å².